The smallest absolute Gasteiger partial charge is 0.278 e. The molecule has 0 spiro atoms. The van der Waals surface area contributed by atoms with E-state index in [9.17, 15) is 4.79 Å². The predicted octanol–water partition coefficient (Wildman–Crippen LogP) is 2.54. The number of carbonyl (C=O) groups is 1. The Hall–Kier alpha value is -2.78. The molecule has 1 fully saturated rings. The van der Waals surface area contributed by atoms with Gasteiger partial charge in [-0.25, -0.2) is 10.4 Å². The number of nitrogens with zero attached hydrogens (tertiary/aromatic N) is 4. The van der Waals surface area contributed by atoms with E-state index in [1.54, 1.807) is 6.07 Å². The van der Waals surface area contributed by atoms with E-state index in [0.717, 1.165) is 28.8 Å². The van der Waals surface area contributed by atoms with Gasteiger partial charge in [-0.15, -0.1) is 0 Å². The van der Waals surface area contributed by atoms with Gasteiger partial charge >= 0.3 is 0 Å². The molecule has 0 saturated carbocycles. The third-order valence-corrected chi connectivity index (χ3v) is 4.38. The molecule has 1 saturated heterocycles. The molecule has 1 aliphatic heterocycles. The summed E-state index contributed by atoms with van der Waals surface area (Å²) in [7, 11) is 0. The van der Waals surface area contributed by atoms with Gasteiger partial charge in [0.25, 0.3) is 5.91 Å². The van der Waals surface area contributed by atoms with Crippen LogP contribution in [0.15, 0.2) is 46.0 Å². The number of morpholine rings is 1. The third-order valence-electron chi connectivity index (χ3n) is 3.95. The minimum atomic E-state index is -0.384. The topological polar surface area (TPSA) is 88.9 Å². The fourth-order valence-electron chi connectivity index (χ4n) is 2.59. The molecule has 2 aromatic rings. The van der Waals surface area contributed by atoms with Gasteiger partial charge in [0.05, 0.1) is 19.4 Å². The van der Waals surface area contributed by atoms with Crippen molar-refractivity contribution in [3.05, 3.63) is 52.1 Å². The van der Waals surface area contributed by atoms with Crippen molar-refractivity contribution >= 4 is 40.1 Å². The number of aryl methyl sites for hydroxylation is 1. The van der Waals surface area contributed by atoms with E-state index in [1.165, 1.54) is 6.21 Å². The van der Waals surface area contributed by atoms with Crippen LogP contribution < -0.4 is 15.1 Å². The highest BCUT2D eigenvalue weighted by Gasteiger charge is 2.15. The maximum absolute atomic E-state index is 12.0. The largest absolute Gasteiger partial charge is 0.467 e. The van der Waals surface area contributed by atoms with Crippen molar-refractivity contribution in [2.75, 3.05) is 37.8 Å². The second-order valence-electron chi connectivity index (χ2n) is 6.27. The fourth-order valence-corrected chi connectivity index (χ4v) is 2.95. The molecular weight excluding hydrogens is 438 g/mol. The zero-order chi connectivity index (χ0) is 20.5. The monoisotopic (exact) mass is 459 g/mol. The summed E-state index contributed by atoms with van der Waals surface area (Å²) in [6.07, 6.45) is 3.40. The van der Waals surface area contributed by atoms with E-state index >= 15 is 0 Å². The normalized spacial score (nSPS) is 14.8. The molecule has 9 heteroatoms. The van der Waals surface area contributed by atoms with Crippen LogP contribution in [0.3, 0.4) is 0 Å². The van der Waals surface area contributed by atoms with E-state index in [2.05, 4.69) is 36.4 Å². The number of halogens is 1. The summed E-state index contributed by atoms with van der Waals surface area (Å²) in [5.74, 6) is 0.547. The van der Waals surface area contributed by atoms with Gasteiger partial charge in [0.1, 0.15) is 0 Å². The molecule has 1 aliphatic rings. The summed E-state index contributed by atoms with van der Waals surface area (Å²) >= 11 is 3.39. The van der Waals surface area contributed by atoms with E-state index in [0.29, 0.717) is 25.0 Å². The number of rotatable bonds is 7. The van der Waals surface area contributed by atoms with Crippen molar-refractivity contribution in [1.29, 1.82) is 0 Å². The molecule has 2 heterocycles. The zero-order valence-corrected chi connectivity index (χ0v) is 17.6. The lowest BCUT2D eigenvalue weighted by molar-refractivity contribution is -0.123. The number of ether oxygens (including phenoxy) is 2. The van der Waals surface area contributed by atoms with Gasteiger partial charge in [0.2, 0.25) is 11.8 Å². The molecule has 8 nitrogen and oxygen atoms in total. The van der Waals surface area contributed by atoms with Gasteiger partial charge in [0, 0.05) is 29.3 Å². The molecule has 0 aliphatic carbocycles. The van der Waals surface area contributed by atoms with Crippen LogP contribution in [-0.2, 0) is 9.53 Å². The summed E-state index contributed by atoms with van der Waals surface area (Å²) in [5, 5.41) is 3.91. The first-order valence-corrected chi connectivity index (χ1v) is 9.95. The minimum Gasteiger partial charge on any atom is -0.467 e. The summed E-state index contributed by atoms with van der Waals surface area (Å²) in [6, 6.07) is 11.5. The first-order chi connectivity index (χ1) is 14.1. The van der Waals surface area contributed by atoms with Crippen LogP contribution in [0.2, 0.25) is 0 Å². The van der Waals surface area contributed by atoms with Gasteiger partial charge in [-0.1, -0.05) is 30.3 Å². The Morgan fingerprint density at radius 1 is 1.31 bits per heavy atom. The van der Waals surface area contributed by atoms with Gasteiger partial charge in [-0.2, -0.15) is 10.1 Å². The average Bonchev–Trinajstić information content (AvgIpc) is 2.73. The van der Waals surface area contributed by atoms with Crippen molar-refractivity contribution in [2.24, 2.45) is 5.10 Å². The second kappa shape index (κ2) is 10.7. The van der Waals surface area contributed by atoms with Gasteiger partial charge in [-0.05, 0) is 34.5 Å². The van der Waals surface area contributed by atoms with Crippen LogP contribution in [0.25, 0.3) is 6.08 Å². The number of nitrogens with one attached hydrogen (secondary N) is 1. The Morgan fingerprint density at radius 3 is 2.83 bits per heavy atom. The first kappa shape index (κ1) is 20.9. The summed E-state index contributed by atoms with van der Waals surface area (Å²) in [6.45, 7) is 4.40. The third kappa shape index (κ3) is 6.95. The Bertz CT molecular complexity index is 883. The van der Waals surface area contributed by atoms with Crippen LogP contribution in [0, 0.1) is 6.92 Å². The Morgan fingerprint density at radius 2 is 2.07 bits per heavy atom. The number of benzene rings is 1. The lowest BCUT2D eigenvalue weighted by atomic mass is 10.2. The molecular formula is C20H22BrN5O3. The van der Waals surface area contributed by atoms with Crippen molar-refractivity contribution in [2.45, 2.75) is 6.92 Å². The first-order valence-electron chi connectivity index (χ1n) is 9.15. The van der Waals surface area contributed by atoms with Crippen molar-refractivity contribution in [3.8, 4) is 5.88 Å². The summed E-state index contributed by atoms with van der Waals surface area (Å²) in [4.78, 5) is 22.8. The van der Waals surface area contributed by atoms with Crippen LogP contribution >= 0.6 is 15.9 Å². The maximum atomic E-state index is 12.0. The SMILES string of the molecule is Cc1cc(OCC(=O)NN=CC(Br)=Cc2ccccc2)nc(N2CCOCC2)n1. The highest BCUT2D eigenvalue weighted by Crippen LogP contribution is 2.16. The van der Waals surface area contributed by atoms with Gasteiger partial charge < -0.3 is 14.4 Å². The molecule has 29 heavy (non-hydrogen) atoms. The molecule has 1 aromatic heterocycles. The number of hydrogen-bond donors (Lipinski definition) is 1. The van der Waals surface area contributed by atoms with Crippen molar-refractivity contribution in [3.63, 3.8) is 0 Å². The number of hydrazone groups is 1. The molecule has 152 valence electrons. The van der Waals surface area contributed by atoms with Crippen LogP contribution in [0.5, 0.6) is 5.88 Å². The molecule has 1 aromatic carbocycles. The Kier molecular flexibility index (Phi) is 7.71. The predicted molar refractivity (Wildman–Crippen MR) is 115 cm³/mol. The number of amides is 1. The minimum absolute atomic E-state index is 0.198. The molecule has 0 atom stereocenters. The lowest BCUT2D eigenvalue weighted by Crippen LogP contribution is -2.37. The lowest BCUT2D eigenvalue weighted by Gasteiger charge is -2.27. The summed E-state index contributed by atoms with van der Waals surface area (Å²) in [5.41, 5.74) is 4.22. The maximum Gasteiger partial charge on any atom is 0.278 e. The van der Waals surface area contributed by atoms with E-state index in [1.807, 2.05) is 48.2 Å². The van der Waals surface area contributed by atoms with Gasteiger partial charge in [-0.3, -0.25) is 4.79 Å². The Balaban J connectivity index is 1.50. The van der Waals surface area contributed by atoms with Crippen molar-refractivity contribution < 1.29 is 14.3 Å². The highest BCUT2D eigenvalue weighted by molar-refractivity contribution is 9.12. The van der Waals surface area contributed by atoms with Crippen LogP contribution in [0.4, 0.5) is 5.95 Å². The number of allylic oxidation sites excluding steroid dienone is 1. The highest BCUT2D eigenvalue weighted by atomic mass is 79.9. The van der Waals surface area contributed by atoms with E-state index in [4.69, 9.17) is 9.47 Å². The Labute approximate surface area is 177 Å². The molecule has 1 amide bonds. The molecule has 1 N–H and O–H groups in total. The fraction of sp³-hybridized carbons (Fsp3) is 0.300. The second-order valence-corrected chi connectivity index (χ2v) is 7.18. The number of aromatic nitrogens is 2. The number of hydrogen-bond acceptors (Lipinski definition) is 7. The number of anilines is 1. The molecule has 0 bridgehead atoms. The van der Waals surface area contributed by atoms with E-state index < -0.39 is 0 Å². The zero-order valence-electron chi connectivity index (χ0n) is 16.0. The van der Waals surface area contributed by atoms with Crippen LogP contribution in [-0.4, -0.2) is 55.0 Å². The van der Waals surface area contributed by atoms with E-state index in [-0.39, 0.29) is 12.5 Å². The van der Waals surface area contributed by atoms with Crippen LogP contribution in [0.1, 0.15) is 11.3 Å². The molecule has 3 rings (SSSR count). The average molecular weight is 460 g/mol. The quantitative estimate of drug-likeness (QED) is 0.505. The standard InChI is InChI=1S/C20H22BrN5O3/c1-15-11-19(24-20(23-15)26-7-9-28-10-8-26)29-14-18(27)25-22-13-17(21)12-16-5-3-2-4-6-16/h2-6,11-13H,7-10,14H2,1H3,(H,25,27). The summed E-state index contributed by atoms with van der Waals surface area (Å²) < 4.78 is 11.6. The molecule has 0 unspecified atom stereocenters. The van der Waals surface area contributed by atoms with Gasteiger partial charge in [0.15, 0.2) is 6.61 Å². The molecule has 0 radical (unpaired) electrons. The van der Waals surface area contributed by atoms with Crippen molar-refractivity contribution in [1.82, 2.24) is 15.4 Å². The number of carbonyl (C=O) groups excluding carboxylic acids is 1.